The number of aromatic nitrogens is 1. The number of thiazole rings is 1. The van der Waals surface area contributed by atoms with Crippen molar-refractivity contribution in [2.24, 2.45) is 10.7 Å². The van der Waals surface area contributed by atoms with E-state index in [1.807, 2.05) is 25.1 Å². The Morgan fingerprint density at radius 2 is 2.22 bits per heavy atom. The summed E-state index contributed by atoms with van der Waals surface area (Å²) in [6.45, 7) is 2.05. The van der Waals surface area contributed by atoms with Gasteiger partial charge in [0.25, 0.3) is 5.91 Å². The number of hydrogen-bond donors (Lipinski definition) is 3. The van der Waals surface area contributed by atoms with Gasteiger partial charge in [0.05, 0.1) is 21.9 Å². The molecule has 140 valence electrons. The van der Waals surface area contributed by atoms with Crippen LogP contribution >= 0.6 is 23.1 Å². The van der Waals surface area contributed by atoms with Crippen molar-refractivity contribution >= 4 is 45.4 Å². The average molecular weight is 401 g/mol. The van der Waals surface area contributed by atoms with Crippen LogP contribution in [0.1, 0.15) is 46.3 Å². The molecular formula is C19H20N4O2S2. The van der Waals surface area contributed by atoms with E-state index in [-0.39, 0.29) is 5.91 Å². The summed E-state index contributed by atoms with van der Waals surface area (Å²) in [6.07, 6.45) is 3.87. The smallest absolute Gasteiger partial charge is 0.257 e. The lowest BCUT2D eigenvalue weighted by atomic mass is 9.89. The van der Waals surface area contributed by atoms with Crippen molar-refractivity contribution in [2.45, 2.75) is 31.7 Å². The Hall–Kier alpha value is -2.32. The molecule has 0 bridgehead atoms. The largest absolute Gasteiger partial charge is 0.512 e. The van der Waals surface area contributed by atoms with Gasteiger partial charge >= 0.3 is 0 Å². The van der Waals surface area contributed by atoms with Gasteiger partial charge in [-0.15, -0.1) is 0 Å². The number of allylic oxidation sites excluding steroid dienone is 1. The van der Waals surface area contributed by atoms with Crippen LogP contribution in [0.2, 0.25) is 0 Å². The molecule has 4 N–H and O–H groups in total. The Morgan fingerprint density at radius 3 is 3.04 bits per heavy atom. The van der Waals surface area contributed by atoms with Crippen LogP contribution in [-0.2, 0) is 12.0 Å². The fourth-order valence-corrected chi connectivity index (χ4v) is 5.18. The maximum absolute atomic E-state index is 12.7. The quantitative estimate of drug-likeness (QED) is 0.725. The van der Waals surface area contributed by atoms with E-state index >= 15 is 0 Å². The molecule has 1 amide bonds. The molecule has 4 rings (SSSR count). The van der Waals surface area contributed by atoms with Crippen molar-refractivity contribution in [2.75, 3.05) is 11.1 Å². The second-order valence-electron chi connectivity index (χ2n) is 6.82. The highest BCUT2D eigenvalue weighted by Crippen LogP contribution is 2.35. The van der Waals surface area contributed by atoms with Crippen LogP contribution in [0.5, 0.6) is 0 Å². The van der Waals surface area contributed by atoms with Crippen LogP contribution in [0.25, 0.3) is 6.08 Å². The molecule has 0 saturated carbocycles. The molecule has 0 saturated heterocycles. The van der Waals surface area contributed by atoms with Gasteiger partial charge in [0, 0.05) is 17.7 Å². The van der Waals surface area contributed by atoms with Crippen LogP contribution in [0, 0.1) is 0 Å². The zero-order valence-electron chi connectivity index (χ0n) is 14.9. The van der Waals surface area contributed by atoms with E-state index in [2.05, 4.69) is 15.3 Å². The minimum absolute atomic E-state index is 0.207. The predicted octanol–water partition coefficient (Wildman–Crippen LogP) is 3.91. The molecule has 2 aromatic rings. The Morgan fingerprint density at radius 1 is 1.37 bits per heavy atom. The molecule has 2 heterocycles. The number of carbonyl (C=O) groups is 1. The van der Waals surface area contributed by atoms with Gasteiger partial charge in [0.1, 0.15) is 0 Å². The summed E-state index contributed by atoms with van der Waals surface area (Å²) in [7, 11) is 0. The van der Waals surface area contributed by atoms with Gasteiger partial charge in [0.15, 0.2) is 10.3 Å². The number of aliphatic imine (C=N–C) groups is 1. The molecule has 6 nitrogen and oxygen atoms in total. The summed E-state index contributed by atoms with van der Waals surface area (Å²) in [5.41, 5.74) is 7.96. The Bertz CT molecular complexity index is 966. The van der Waals surface area contributed by atoms with Gasteiger partial charge in [-0.3, -0.25) is 15.1 Å². The number of thioether (sulfide) groups is 1. The number of aryl methyl sites for hydroxylation is 1. The van der Waals surface area contributed by atoms with Crippen molar-refractivity contribution in [3.63, 3.8) is 0 Å². The number of nitrogens with one attached hydrogen (secondary N) is 1. The molecule has 0 spiro atoms. The summed E-state index contributed by atoms with van der Waals surface area (Å²) >= 11 is 2.93. The monoisotopic (exact) mass is 400 g/mol. The molecule has 0 fully saturated rings. The molecule has 1 aromatic heterocycles. The maximum Gasteiger partial charge on any atom is 0.257 e. The first-order chi connectivity index (χ1) is 12.9. The summed E-state index contributed by atoms with van der Waals surface area (Å²) in [4.78, 5) is 22.7. The topological polar surface area (TPSA) is 101 Å². The molecule has 1 atom stereocenters. The first-order valence-electron chi connectivity index (χ1n) is 8.72. The second-order valence-corrected chi connectivity index (χ2v) is 8.97. The fourth-order valence-electron chi connectivity index (χ4n) is 3.24. The average Bonchev–Trinajstić information content (AvgIpc) is 3.03. The SMILES string of the molecule is CC1(c2cccc(C(=O)Nc3nc4c(s3)C=C(O)CC4)c2)CCSC(N)=N1. The first-order valence-corrected chi connectivity index (χ1v) is 10.5. The third-order valence-corrected chi connectivity index (χ3v) is 6.56. The number of fused-ring (bicyclic) bond motifs is 1. The van der Waals surface area contributed by atoms with Crippen LogP contribution < -0.4 is 11.1 Å². The number of nitrogens with zero attached hydrogens (tertiary/aromatic N) is 2. The summed E-state index contributed by atoms with van der Waals surface area (Å²) in [6, 6.07) is 7.52. The highest BCUT2D eigenvalue weighted by atomic mass is 32.2. The lowest BCUT2D eigenvalue weighted by Gasteiger charge is -2.30. The van der Waals surface area contributed by atoms with Crippen molar-refractivity contribution in [1.29, 1.82) is 0 Å². The number of carbonyl (C=O) groups excluding carboxylic acids is 1. The number of hydrogen-bond acceptors (Lipinski definition) is 7. The lowest BCUT2D eigenvalue weighted by molar-refractivity contribution is 0.102. The minimum Gasteiger partial charge on any atom is -0.512 e. The van der Waals surface area contributed by atoms with Crippen LogP contribution in [0.4, 0.5) is 5.13 Å². The van der Waals surface area contributed by atoms with E-state index in [1.54, 1.807) is 23.9 Å². The molecule has 0 radical (unpaired) electrons. The summed E-state index contributed by atoms with van der Waals surface area (Å²) in [5.74, 6) is 1.06. The van der Waals surface area contributed by atoms with E-state index in [9.17, 15) is 9.90 Å². The number of nitrogens with two attached hydrogens (primary N) is 1. The molecular weight excluding hydrogens is 380 g/mol. The minimum atomic E-state index is -0.409. The highest BCUT2D eigenvalue weighted by molar-refractivity contribution is 8.13. The van der Waals surface area contributed by atoms with Gasteiger partial charge < -0.3 is 10.8 Å². The van der Waals surface area contributed by atoms with Crippen molar-refractivity contribution < 1.29 is 9.90 Å². The summed E-state index contributed by atoms with van der Waals surface area (Å²) in [5, 5.41) is 13.7. The number of anilines is 1. The number of amidine groups is 1. The fraction of sp³-hybridized carbons (Fsp3) is 0.316. The van der Waals surface area contributed by atoms with Crippen molar-refractivity contribution in [3.8, 4) is 0 Å². The van der Waals surface area contributed by atoms with Gasteiger partial charge in [-0.25, -0.2) is 4.98 Å². The van der Waals surface area contributed by atoms with Gasteiger partial charge in [-0.1, -0.05) is 35.2 Å². The first kappa shape index (κ1) is 18.1. The second kappa shape index (κ2) is 7.01. The zero-order valence-corrected chi connectivity index (χ0v) is 16.5. The standard InChI is InChI=1S/C19H20N4O2S2/c1-19(7-8-26-17(20)23-19)12-4-2-3-11(9-12)16(25)22-18-21-14-6-5-13(24)10-15(14)27-18/h2-4,9-10,24H,5-8H2,1H3,(H2,20,23)(H,21,22,25). The molecule has 1 aliphatic carbocycles. The Labute approximate surface area is 165 Å². The predicted molar refractivity (Wildman–Crippen MR) is 111 cm³/mol. The number of aliphatic hydroxyl groups excluding tert-OH is 1. The van der Waals surface area contributed by atoms with E-state index in [1.165, 1.54) is 11.3 Å². The molecule has 1 aromatic carbocycles. The molecule has 1 aliphatic heterocycles. The van der Waals surface area contributed by atoms with E-state index in [0.717, 1.165) is 28.3 Å². The molecule has 2 aliphatic rings. The van der Waals surface area contributed by atoms with E-state index in [0.29, 0.717) is 34.5 Å². The molecule has 27 heavy (non-hydrogen) atoms. The number of benzene rings is 1. The Kier molecular flexibility index (Phi) is 4.69. The van der Waals surface area contributed by atoms with Gasteiger partial charge in [0.2, 0.25) is 0 Å². The van der Waals surface area contributed by atoms with Gasteiger partial charge in [-0.2, -0.15) is 0 Å². The third kappa shape index (κ3) is 3.72. The van der Waals surface area contributed by atoms with Crippen LogP contribution in [0.15, 0.2) is 35.0 Å². The van der Waals surface area contributed by atoms with Crippen LogP contribution in [-0.4, -0.2) is 26.9 Å². The molecule has 8 heteroatoms. The van der Waals surface area contributed by atoms with Crippen molar-refractivity contribution in [3.05, 3.63) is 51.7 Å². The third-order valence-electron chi connectivity index (χ3n) is 4.81. The van der Waals surface area contributed by atoms with Crippen LogP contribution in [0.3, 0.4) is 0 Å². The summed E-state index contributed by atoms with van der Waals surface area (Å²) < 4.78 is 0. The van der Waals surface area contributed by atoms with E-state index in [4.69, 9.17) is 5.73 Å². The normalized spacial score (nSPS) is 21.8. The number of aliphatic hydroxyl groups is 1. The lowest BCUT2D eigenvalue weighted by Crippen LogP contribution is -2.29. The van der Waals surface area contributed by atoms with Gasteiger partial charge in [-0.05, 0) is 43.5 Å². The number of amides is 1. The number of rotatable bonds is 3. The molecule has 1 unspecified atom stereocenters. The van der Waals surface area contributed by atoms with E-state index < -0.39 is 5.54 Å². The Balaban J connectivity index is 1.56. The highest BCUT2D eigenvalue weighted by Gasteiger charge is 2.30. The maximum atomic E-state index is 12.7. The zero-order chi connectivity index (χ0) is 19.0. The van der Waals surface area contributed by atoms with Crippen molar-refractivity contribution in [1.82, 2.24) is 4.98 Å².